The van der Waals surface area contributed by atoms with E-state index in [0.29, 0.717) is 30.2 Å². The predicted molar refractivity (Wildman–Crippen MR) is 105 cm³/mol. The third-order valence-corrected chi connectivity index (χ3v) is 5.77. The van der Waals surface area contributed by atoms with E-state index in [1.54, 1.807) is 38.1 Å². The van der Waals surface area contributed by atoms with Crippen molar-refractivity contribution in [3.63, 3.8) is 0 Å². The van der Waals surface area contributed by atoms with Crippen LogP contribution in [-0.4, -0.2) is 54.7 Å². The highest BCUT2D eigenvalue weighted by Gasteiger charge is 2.21. The molecule has 0 bridgehead atoms. The molecule has 9 nitrogen and oxygen atoms in total. The number of carboxylic acid groups (broad SMARTS) is 1. The van der Waals surface area contributed by atoms with Gasteiger partial charge in [-0.25, -0.2) is 18.2 Å². The lowest BCUT2D eigenvalue weighted by atomic mass is 10.2. The summed E-state index contributed by atoms with van der Waals surface area (Å²) in [6.07, 6.45) is 2.73. The fourth-order valence-electron chi connectivity index (χ4n) is 2.34. The smallest absolute Gasteiger partial charge is 0.341 e. The second kappa shape index (κ2) is 9.81. The summed E-state index contributed by atoms with van der Waals surface area (Å²) in [5, 5.41) is 12.7. The number of nitrogens with one attached hydrogen (secondary N) is 1. The van der Waals surface area contributed by atoms with Gasteiger partial charge < -0.3 is 9.84 Å². The molecule has 2 N–H and O–H groups in total. The maximum Gasteiger partial charge on any atom is 0.341 e. The van der Waals surface area contributed by atoms with E-state index in [4.69, 9.17) is 9.84 Å². The van der Waals surface area contributed by atoms with Crippen LogP contribution in [0.25, 0.3) is 0 Å². The Morgan fingerprint density at radius 3 is 2.57 bits per heavy atom. The van der Waals surface area contributed by atoms with Gasteiger partial charge in [0.05, 0.1) is 6.21 Å². The fourth-order valence-corrected chi connectivity index (χ4v) is 3.74. The number of para-hydroxylation sites is 1. The Labute approximate surface area is 163 Å². The van der Waals surface area contributed by atoms with Crippen LogP contribution in [0.4, 0.5) is 5.82 Å². The van der Waals surface area contributed by atoms with Crippen LogP contribution in [0.5, 0.6) is 5.75 Å². The third kappa shape index (κ3) is 5.51. The van der Waals surface area contributed by atoms with Crippen molar-refractivity contribution >= 4 is 28.0 Å². The molecule has 0 aliphatic carbocycles. The lowest BCUT2D eigenvalue weighted by Gasteiger charge is -2.18. The van der Waals surface area contributed by atoms with Crippen LogP contribution in [0.2, 0.25) is 0 Å². The van der Waals surface area contributed by atoms with Gasteiger partial charge in [-0.15, -0.1) is 0 Å². The number of hydrogen-bond acceptors (Lipinski definition) is 7. The van der Waals surface area contributed by atoms with Gasteiger partial charge in [-0.05, 0) is 24.3 Å². The zero-order chi connectivity index (χ0) is 20.6. The summed E-state index contributed by atoms with van der Waals surface area (Å²) in [7, 11) is -3.56. The van der Waals surface area contributed by atoms with Gasteiger partial charge in [0.2, 0.25) is 10.0 Å². The van der Waals surface area contributed by atoms with Crippen molar-refractivity contribution in [2.24, 2.45) is 5.10 Å². The maximum atomic E-state index is 12.4. The average Bonchev–Trinajstić information content (AvgIpc) is 2.68. The number of carboxylic acids is 1. The summed E-state index contributed by atoms with van der Waals surface area (Å²) in [6.45, 7) is 3.86. The number of aliphatic carboxylic acids is 1. The molecule has 0 amide bonds. The van der Waals surface area contributed by atoms with Gasteiger partial charge in [-0.2, -0.15) is 9.41 Å². The van der Waals surface area contributed by atoms with E-state index in [1.807, 2.05) is 0 Å². The van der Waals surface area contributed by atoms with E-state index in [-0.39, 0.29) is 4.90 Å². The maximum absolute atomic E-state index is 12.4. The molecule has 0 atom stereocenters. The minimum Gasteiger partial charge on any atom is -0.481 e. The van der Waals surface area contributed by atoms with Gasteiger partial charge in [0.15, 0.2) is 6.61 Å². The van der Waals surface area contributed by atoms with Gasteiger partial charge >= 0.3 is 5.97 Å². The standard InChI is InChI=1S/C18H22N4O5S/c1-3-22(4-2)28(25,26)15-9-10-17(19-12-15)21-20-11-14-7-5-6-8-16(14)27-13-18(23)24/h5-12H,3-4,13H2,1-2H3,(H,19,21)(H,23,24)/b20-11+. The molecule has 0 aliphatic rings. The molecule has 0 saturated heterocycles. The number of benzene rings is 1. The van der Waals surface area contributed by atoms with Gasteiger partial charge in [0.25, 0.3) is 0 Å². The normalized spacial score (nSPS) is 11.7. The Kier molecular flexibility index (Phi) is 7.47. The molecule has 0 saturated carbocycles. The average molecular weight is 406 g/mol. The first-order valence-electron chi connectivity index (χ1n) is 8.57. The first kappa shape index (κ1) is 21.3. The van der Waals surface area contributed by atoms with Crippen molar-refractivity contribution in [1.82, 2.24) is 9.29 Å². The van der Waals surface area contributed by atoms with Crippen molar-refractivity contribution in [2.75, 3.05) is 25.1 Å². The second-order valence-electron chi connectivity index (χ2n) is 5.56. The molecule has 2 rings (SSSR count). The number of hydrogen-bond donors (Lipinski definition) is 2. The highest BCUT2D eigenvalue weighted by atomic mass is 32.2. The van der Waals surface area contributed by atoms with Gasteiger partial charge in [0, 0.05) is 24.8 Å². The summed E-state index contributed by atoms with van der Waals surface area (Å²) in [6, 6.07) is 9.81. The molecule has 2 aromatic rings. The number of anilines is 1. The Balaban J connectivity index is 2.07. The first-order valence-corrected chi connectivity index (χ1v) is 10.0. The minimum absolute atomic E-state index is 0.109. The molecule has 0 unspecified atom stereocenters. The highest BCUT2D eigenvalue weighted by molar-refractivity contribution is 7.89. The molecule has 0 spiro atoms. The number of ether oxygens (including phenoxy) is 1. The molecule has 0 radical (unpaired) electrons. The summed E-state index contributed by atoms with van der Waals surface area (Å²) in [5.74, 6) is -0.337. The summed E-state index contributed by atoms with van der Waals surface area (Å²) in [4.78, 5) is 14.8. The zero-order valence-corrected chi connectivity index (χ0v) is 16.4. The number of hydrazone groups is 1. The van der Waals surface area contributed by atoms with Crippen LogP contribution in [0.15, 0.2) is 52.6 Å². The Hall–Kier alpha value is -2.98. The van der Waals surface area contributed by atoms with Crippen molar-refractivity contribution < 1.29 is 23.1 Å². The molecular formula is C18H22N4O5S. The summed E-state index contributed by atoms with van der Waals surface area (Å²) >= 11 is 0. The lowest BCUT2D eigenvalue weighted by molar-refractivity contribution is -0.139. The van der Waals surface area contributed by atoms with E-state index in [2.05, 4.69) is 15.5 Å². The molecule has 1 aromatic carbocycles. The van der Waals surface area contributed by atoms with Crippen molar-refractivity contribution in [1.29, 1.82) is 0 Å². The molecule has 10 heteroatoms. The SMILES string of the molecule is CCN(CC)S(=O)(=O)c1ccc(N/N=C/c2ccccc2OCC(=O)O)nc1. The Morgan fingerprint density at radius 2 is 1.96 bits per heavy atom. The second-order valence-corrected chi connectivity index (χ2v) is 7.50. The monoisotopic (exact) mass is 406 g/mol. The fraction of sp³-hybridized carbons (Fsp3) is 0.278. The Bertz CT molecular complexity index is 925. The van der Waals surface area contributed by atoms with Crippen LogP contribution >= 0.6 is 0 Å². The van der Waals surface area contributed by atoms with Crippen LogP contribution in [0.1, 0.15) is 19.4 Å². The molecule has 0 aliphatic heterocycles. The quantitative estimate of drug-likeness (QED) is 0.457. The van der Waals surface area contributed by atoms with Crippen molar-refractivity contribution in [2.45, 2.75) is 18.7 Å². The molecule has 1 heterocycles. The van der Waals surface area contributed by atoms with Crippen molar-refractivity contribution in [3.05, 3.63) is 48.2 Å². The number of pyridine rings is 1. The van der Waals surface area contributed by atoms with Crippen LogP contribution in [0, 0.1) is 0 Å². The van der Waals surface area contributed by atoms with E-state index >= 15 is 0 Å². The van der Waals surface area contributed by atoms with E-state index < -0.39 is 22.6 Å². The third-order valence-electron chi connectivity index (χ3n) is 3.73. The number of sulfonamides is 1. The number of carbonyl (C=O) groups is 1. The number of nitrogens with zero attached hydrogens (tertiary/aromatic N) is 3. The Morgan fingerprint density at radius 1 is 1.25 bits per heavy atom. The van der Waals surface area contributed by atoms with Crippen LogP contribution < -0.4 is 10.2 Å². The van der Waals surface area contributed by atoms with Crippen molar-refractivity contribution in [3.8, 4) is 5.75 Å². The largest absolute Gasteiger partial charge is 0.481 e. The molecule has 0 fully saturated rings. The number of rotatable bonds is 10. The number of aromatic nitrogens is 1. The molecule has 1 aromatic heterocycles. The predicted octanol–water partition coefficient (Wildman–Crippen LogP) is 2.02. The van der Waals surface area contributed by atoms with E-state index in [0.717, 1.165) is 0 Å². The topological polar surface area (TPSA) is 121 Å². The lowest BCUT2D eigenvalue weighted by Crippen LogP contribution is -2.30. The molecular weight excluding hydrogens is 384 g/mol. The van der Waals surface area contributed by atoms with Crippen LogP contribution in [0.3, 0.4) is 0 Å². The first-order chi connectivity index (χ1) is 13.4. The molecule has 150 valence electrons. The van der Waals surface area contributed by atoms with E-state index in [1.165, 1.54) is 28.8 Å². The highest BCUT2D eigenvalue weighted by Crippen LogP contribution is 2.17. The van der Waals surface area contributed by atoms with E-state index in [9.17, 15) is 13.2 Å². The molecule has 28 heavy (non-hydrogen) atoms. The zero-order valence-electron chi connectivity index (χ0n) is 15.6. The summed E-state index contributed by atoms with van der Waals surface area (Å²) in [5.41, 5.74) is 3.28. The van der Waals surface area contributed by atoms with Gasteiger partial charge in [-0.1, -0.05) is 26.0 Å². The minimum atomic E-state index is -3.56. The van der Waals surface area contributed by atoms with Gasteiger partial charge in [-0.3, -0.25) is 5.43 Å². The van der Waals surface area contributed by atoms with Crippen LogP contribution in [-0.2, 0) is 14.8 Å². The van der Waals surface area contributed by atoms with Gasteiger partial charge in [0.1, 0.15) is 16.5 Å². The summed E-state index contributed by atoms with van der Waals surface area (Å²) < 4.78 is 31.4.